The number of benzene rings is 1. The molecule has 80 valence electrons. The van der Waals surface area contributed by atoms with Crippen LogP contribution >= 0.6 is 15.9 Å². The summed E-state index contributed by atoms with van der Waals surface area (Å²) < 4.78 is 1.00. The van der Waals surface area contributed by atoms with E-state index in [2.05, 4.69) is 21.2 Å². The highest BCUT2D eigenvalue weighted by Gasteiger charge is 2.03. The molecular formula is C12H14BrNO. The summed E-state index contributed by atoms with van der Waals surface area (Å²) in [6, 6.07) is 7.52. The van der Waals surface area contributed by atoms with Crippen molar-refractivity contribution in [3.63, 3.8) is 0 Å². The monoisotopic (exact) mass is 267 g/mol. The lowest BCUT2D eigenvalue weighted by Gasteiger charge is -2.05. The van der Waals surface area contributed by atoms with E-state index in [1.807, 2.05) is 44.2 Å². The number of halogens is 1. The first kappa shape index (κ1) is 12.0. The van der Waals surface area contributed by atoms with Gasteiger partial charge >= 0.3 is 0 Å². The van der Waals surface area contributed by atoms with Crippen LogP contribution in [0, 0.1) is 0 Å². The Hall–Kier alpha value is -1.09. The van der Waals surface area contributed by atoms with Crippen LogP contribution in [-0.4, -0.2) is 5.91 Å². The first-order chi connectivity index (χ1) is 7.13. The van der Waals surface area contributed by atoms with Crippen LogP contribution in [0.3, 0.4) is 0 Å². The minimum Gasteiger partial charge on any atom is -0.322 e. The highest BCUT2D eigenvalue weighted by atomic mass is 79.9. The predicted octanol–water partition coefficient (Wildman–Crippen LogP) is 3.74. The second-order valence-corrected chi connectivity index (χ2v) is 4.17. The average molecular weight is 268 g/mol. The van der Waals surface area contributed by atoms with Gasteiger partial charge in [0.1, 0.15) is 0 Å². The number of carbonyl (C=O) groups is 1. The van der Waals surface area contributed by atoms with Crippen LogP contribution in [0.15, 0.2) is 40.4 Å². The zero-order chi connectivity index (χ0) is 11.3. The van der Waals surface area contributed by atoms with Crippen molar-refractivity contribution in [2.24, 2.45) is 0 Å². The molecule has 1 amide bonds. The van der Waals surface area contributed by atoms with Crippen molar-refractivity contribution < 1.29 is 4.79 Å². The molecule has 15 heavy (non-hydrogen) atoms. The molecule has 0 heterocycles. The van der Waals surface area contributed by atoms with E-state index in [4.69, 9.17) is 0 Å². The molecule has 0 bridgehead atoms. The number of amides is 1. The second kappa shape index (κ2) is 5.71. The van der Waals surface area contributed by atoms with Gasteiger partial charge in [-0.25, -0.2) is 0 Å². The summed E-state index contributed by atoms with van der Waals surface area (Å²) in [6.45, 7) is 3.83. The molecule has 0 aromatic heterocycles. The minimum atomic E-state index is -0.0424. The molecule has 0 spiro atoms. The Morgan fingerprint density at radius 2 is 2.00 bits per heavy atom. The summed E-state index contributed by atoms with van der Waals surface area (Å²) in [5.41, 5.74) is 1.56. The molecule has 0 aliphatic carbocycles. The first-order valence-electron chi connectivity index (χ1n) is 4.87. The van der Waals surface area contributed by atoms with Gasteiger partial charge in [0.25, 0.3) is 5.91 Å². The summed E-state index contributed by atoms with van der Waals surface area (Å²) in [7, 11) is 0. The normalized spacial score (nSPS) is 11.3. The van der Waals surface area contributed by atoms with Crippen molar-refractivity contribution in [1.29, 1.82) is 0 Å². The van der Waals surface area contributed by atoms with Gasteiger partial charge in [0.15, 0.2) is 0 Å². The summed E-state index contributed by atoms with van der Waals surface area (Å²) in [4.78, 5) is 11.6. The van der Waals surface area contributed by atoms with E-state index in [1.165, 1.54) is 0 Å². The van der Waals surface area contributed by atoms with Crippen LogP contribution in [-0.2, 0) is 4.79 Å². The highest BCUT2D eigenvalue weighted by Crippen LogP contribution is 2.14. The summed E-state index contributed by atoms with van der Waals surface area (Å²) in [5, 5.41) is 2.83. The molecule has 0 fully saturated rings. The molecule has 0 radical (unpaired) electrons. The lowest BCUT2D eigenvalue weighted by molar-refractivity contribution is -0.112. The zero-order valence-corrected chi connectivity index (χ0v) is 10.5. The molecule has 0 saturated heterocycles. The molecule has 3 heteroatoms. The minimum absolute atomic E-state index is 0.0424. The molecule has 1 aromatic rings. The molecule has 2 nitrogen and oxygen atoms in total. The number of rotatable bonds is 3. The molecule has 0 unspecified atom stereocenters. The molecule has 1 rings (SSSR count). The fourth-order valence-electron chi connectivity index (χ4n) is 1.16. The molecule has 1 N–H and O–H groups in total. The van der Waals surface area contributed by atoms with Crippen molar-refractivity contribution in [3.8, 4) is 0 Å². The van der Waals surface area contributed by atoms with E-state index >= 15 is 0 Å². The quantitative estimate of drug-likeness (QED) is 0.831. The van der Waals surface area contributed by atoms with Crippen molar-refractivity contribution >= 4 is 27.5 Å². The van der Waals surface area contributed by atoms with E-state index < -0.39 is 0 Å². The number of anilines is 1. The van der Waals surface area contributed by atoms with Crippen molar-refractivity contribution in [2.45, 2.75) is 20.3 Å². The van der Waals surface area contributed by atoms with Crippen LogP contribution in [0.4, 0.5) is 5.69 Å². The number of nitrogens with one attached hydrogen (secondary N) is 1. The smallest absolute Gasteiger partial charge is 0.250 e. The predicted molar refractivity (Wildman–Crippen MR) is 66.8 cm³/mol. The number of carbonyl (C=O) groups excluding carboxylic acids is 1. The molecule has 0 atom stereocenters. The van der Waals surface area contributed by atoms with Gasteiger partial charge in [-0.15, -0.1) is 0 Å². The van der Waals surface area contributed by atoms with Gasteiger partial charge in [-0.05, 0) is 37.6 Å². The Morgan fingerprint density at radius 1 is 1.40 bits per heavy atom. The van der Waals surface area contributed by atoms with Crippen molar-refractivity contribution in [1.82, 2.24) is 0 Å². The van der Waals surface area contributed by atoms with Crippen LogP contribution < -0.4 is 5.32 Å². The van der Waals surface area contributed by atoms with Gasteiger partial charge in [-0.1, -0.05) is 28.9 Å². The molecule has 1 aromatic carbocycles. The highest BCUT2D eigenvalue weighted by molar-refractivity contribution is 9.10. The molecule has 0 aliphatic rings. The van der Waals surface area contributed by atoms with Crippen LogP contribution in [0.2, 0.25) is 0 Å². The third-order valence-corrected chi connectivity index (χ3v) is 2.50. The fourth-order valence-corrected chi connectivity index (χ4v) is 1.43. The van der Waals surface area contributed by atoms with Crippen LogP contribution in [0.5, 0.6) is 0 Å². The topological polar surface area (TPSA) is 29.1 Å². The number of hydrogen-bond acceptors (Lipinski definition) is 1. The Morgan fingerprint density at radius 3 is 2.53 bits per heavy atom. The van der Waals surface area contributed by atoms with E-state index in [0.29, 0.717) is 0 Å². The SMILES string of the molecule is CC/C=C(\C)C(=O)Nc1ccc(Br)cc1. The summed E-state index contributed by atoms with van der Waals surface area (Å²) >= 11 is 3.34. The largest absolute Gasteiger partial charge is 0.322 e. The Labute approximate surface area is 98.5 Å². The average Bonchev–Trinajstić information content (AvgIpc) is 2.22. The van der Waals surface area contributed by atoms with E-state index in [9.17, 15) is 4.79 Å². The van der Waals surface area contributed by atoms with Gasteiger partial charge < -0.3 is 5.32 Å². The Balaban J connectivity index is 2.66. The van der Waals surface area contributed by atoms with Crippen molar-refractivity contribution in [2.75, 3.05) is 5.32 Å². The van der Waals surface area contributed by atoms with Gasteiger partial charge in [0.05, 0.1) is 0 Å². The standard InChI is InChI=1S/C12H14BrNO/c1-3-4-9(2)12(15)14-11-7-5-10(13)6-8-11/h4-8H,3H2,1-2H3,(H,14,15)/b9-4+. The number of hydrogen-bond donors (Lipinski definition) is 1. The maximum absolute atomic E-state index is 11.6. The second-order valence-electron chi connectivity index (χ2n) is 3.26. The van der Waals surface area contributed by atoms with Crippen LogP contribution in [0.1, 0.15) is 20.3 Å². The summed E-state index contributed by atoms with van der Waals surface area (Å²) in [5.74, 6) is -0.0424. The maximum atomic E-state index is 11.6. The molecule has 0 saturated carbocycles. The first-order valence-corrected chi connectivity index (χ1v) is 5.66. The molecular weight excluding hydrogens is 254 g/mol. The Bertz CT molecular complexity index is 368. The third kappa shape index (κ3) is 3.88. The fraction of sp³-hybridized carbons (Fsp3) is 0.250. The van der Waals surface area contributed by atoms with Gasteiger partial charge in [0, 0.05) is 15.7 Å². The Kier molecular flexibility index (Phi) is 4.56. The lowest BCUT2D eigenvalue weighted by atomic mass is 10.2. The maximum Gasteiger partial charge on any atom is 0.250 e. The van der Waals surface area contributed by atoms with E-state index in [1.54, 1.807) is 0 Å². The van der Waals surface area contributed by atoms with Gasteiger partial charge in [-0.3, -0.25) is 4.79 Å². The van der Waals surface area contributed by atoms with Crippen molar-refractivity contribution in [3.05, 3.63) is 40.4 Å². The van der Waals surface area contributed by atoms with Crippen LogP contribution in [0.25, 0.3) is 0 Å². The van der Waals surface area contributed by atoms with Gasteiger partial charge in [0.2, 0.25) is 0 Å². The molecule has 0 aliphatic heterocycles. The van der Waals surface area contributed by atoms with Gasteiger partial charge in [-0.2, -0.15) is 0 Å². The van der Waals surface area contributed by atoms with E-state index in [0.717, 1.165) is 22.2 Å². The number of allylic oxidation sites excluding steroid dienone is 1. The zero-order valence-electron chi connectivity index (χ0n) is 8.88. The summed E-state index contributed by atoms with van der Waals surface area (Å²) in [6.07, 6.45) is 2.79. The lowest BCUT2D eigenvalue weighted by Crippen LogP contribution is -2.12. The van der Waals surface area contributed by atoms with E-state index in [-0.39, 0.29) is 5.91 Å². The third-order valence-electron chi connectivity index (χ3n) is 1.97.